The van der Waals surface area contributed by atoms with Crippen molar-refractivity contribution in [1.29, 1.82) is 0 Å². The van der Waals surface area contributed by atoms with Crippen molar-refractivity contribution in [3.8, 4) is 0 Å². The predicted molar refractivity (Wildman–Crippen MR) is 195 cm³/mol. The molecule has 4 N–H and O–H groups in total. The van der Waals surface area contributed by atoms with Gasteiger partial charge in [0, 0.05) is 66.0 Å². The van der Waals surface area contributed by atoms with Crippen LogP contribution in [0.25, 0.3) is 0 Å². The number of cyclic esters (lactones) is 2. The Morgan fingerprint density at radius 2 is 0.836 bits per heavy atom. The van der Waals surface area contributed by atoms with Crippen LogP contribution in [0.5, 0.6) is 0 Å². The second kappa shape index (κ2) is 16.4. The van der Waals surface area contributed by atoms with Gasteiger partial charge in [-0.3, -0.25) is 9.59 Å². The first kappa shape index (κ1) is 46.4. The zero-order valence-corrected chi connectivity index (χ0v) is 35.4. The van der Waals surface area contributed by atoms with Crippen molar-refractivity contribution in [2.24, 2.45) is 11.8 Å². The van der Waals surface area contributed by atoms with Gasteiger partial charge in [0.25, 0.3) is 0 Å². The molecule has 2 aliphatic carbocycles. The molecule has 0 aromatic carbocycles. The quantitative estimate of drug-likeness (QED) is 0.334. The lowest BCUT2D eigenvalue weighted by Crippen LogP contribution is -2.70. The molecule has 0 aromatic rings. The van der Waals surface area contributed by atoms with Gasteiger partial charge in [0.15, 0.2) is 11.2 Å². The lowest BCUT2D eigenvalue weighted by atomic mass is 9.73. The maximum absolute atomic E-state index is 12.5. The predicted octanol–water partition coefficient (Wildman–Crippen LogP) is 3.47. The van der Waals surface area contributed by atoms with E-state index in [0.29, 0.717) is 0 Å². The van der Waals surface area contributed by atoms with Crippen LogP contribution in [0.1, 0.15) is 67.2 Å². The second-order valence-corrected chi connectivity index (χ2v) is 17.5. The number of alkyl carbamates (subject to hydrolysis) is 2. The van der Waals surface area contributed by atoms with E-state index in [4.69, 9.17) is 93.8 Å². The zero-order valence-electron chi connectivity index (χ0n) is 32.3. The van der Waals surface area contributed by atoms with Crippen LogP contribution in [-0.4, -0.2) is 138 Å². The normalized spacial score (nSPS) is 46.7. The number of ether oxygens (including phenoxy) is 10. The second-order valence-electron chi connectivity index (χ2n) is 15.3. The molecule has 55 heavy (non-hydrogen) atoms. The summed E-state index contributed by atoms with van der Waals surface area (Å²) in [6.45, 7) is 10.1. The average molecular weight is 871 g/mol. The minimum Gasteiger partial charge on any atom is -0.438 e. The fraction of sp³-hybridized carbons (Fsp3) is 0.882. The van der Waals surface area contributed by atoms with Crippen LogP contribution >= 0.6 is 46.4 Å². The smallest absolute Gasteiger partial charge is 0.408 e. The summed E-state index contributed by atoms with van der Waals surface area (Å²) in [6.07, 6.45) is -2.88. The van der Waals surface area contributed by atoms with E-state index in [0.717, 1.165) is 0 Å². The molecule has 4 heterocycles. The van der Waals surface area contributed by atoms with E-state index in [1.165, 1.54) is 28.4 Å². The Bertz CT molecular complexity index is 1380. The van der Waals surface area contributed by atoms with E-state index in [-0.39, 0.29) is 42.7 Å². The molecule has 17 nitrogen and oxygen atoms in total. The molecule has 6 fully saturated rings. The molecular weight excluding hydrogens is 818 g/mol. The zero-order chi connectivity index (χ0) is 40.4. The molecular formula is C34H52Cl4N2O15. The van der Waals surface area contributed by atoms with Gasteiger partial charge in [0.1, 0.15) is 21.2 Å². The highest BCUT2D eigenvalue weighted by Crippen LogP contribution is 2.50. The highest BCUT2D eigenvalue weighted by atomic mass is 35.5. The van der Waals surface area contributed by atoms with Crippen molar-refractivity contribution in [2.75, 3.05) is 28.4 Å². The van der Waals surface area contributed by atoms with Crippen LogP contribution in [0.4, 0.5) is 9.59 Å². The number of alkyl halides is 4. The summed E-state index contributed by atoms with van der Waals surface area (Å²) >= 11 is 24.5. The number of hydrogen-bond acceptors (Lipinski definition) is 14. The van der Waals surface area contributed by atoms with E-state index < -0.39 is 105 Å². The first-order valence-electron chi connectivity index (χ1n) is 17.5. The third-order valence-electron chi connectivity index (χ3n) is 12.2. The molecule has 0 radical (unpaired) electrons. The summed E-state index contributed by atoms with van der Waals surface area (Å²) in [6, 6.07) is -1.28. The van der Waals surface area contributed by atoms with Gasteiger partial charge in [0.05, 0.1) is 36.5 Å². The summed E-state index contributed by atoms with van der Waals surface area (Å²) in [5.41, 5.74) is -2.44. The number of carbonyl (C=O) groups is 4. The summed E-state index contributed by atoms with van der Waals surface area (Å²) in [7, 11) is 5.94. The number of hydrogen-bond donors (Lipinski definition) is 2. The minimum atomic E-state index is -1.23. The maximum Gasteiger partial charge on any atom is 0.408 e. The van der Waals surface area contributed by atoms with Gasteiger partial charge in [0.2, 0.25) is 23.1 Å². The van der Waals surface area contributed by atoms with Crippen molar-refractivity contribution in [3.05, 3.63) is 0 Å². The fourth-order valence-corrected chi connectivity index (χ4v) is 9.05. The van der Waals surface area contributed by atoms with Crippen molar-refractivity contribution < 1.29 is 72.0 Å². The van der Waals surface area contributed by atoms with Gasteiger partial charge >= 0.3 is 12.2 Å². The molecule has 2 saturated carbocycles. The van der Waals surface area contributed by atoms with Crippen molar-refractivity contribution in [3.63, 3.8) is 0 Å². The molecule has 0 spiro atoms. The number of halogens is 4. The van der Waals surface area contributed by atoms with E-state index in [9.17, 15) is 19.2 Å². The molecule has 2 amide bonds. The summed E-state index contributed by atoms with van der Waals surface area (Å²) < 4.78 is 57.7. The number of ketones is 2. The topological polar surface area (TPSA) is 216 Å². The Labute approximate surface area is 339 Å². The highest BCUT2D eigenvalue weighted by Gasteiger charge is 2.65. The highest BCUT2D eigenvalue weighted by molar-refractivity contribution is 6.45. The summed E-state index contributed by atoms with van der Waals surface area (Å²) in [4.78, 5) is 46.8. The first-order chi connectivity index (χ1) is 25.0. The molecule has 0 unspecified atom stereocenters. The molecule has 4 saturated heterocycles. The van der Waals surface area contributed by atoms with Gasteiger partial charge in [-0.05, 0) is 41.5 Å². The average Bonchev–Trinajstić information content (AvgIpc) is 3.60. The maximum atomic E-state index is 12.5. The Morgan fingerprint density at radius 1 is 0.545 bits per heavy atom. The summed E-state index contributed by atoms with van der Waals surface area (Å²) in [5.74, 6) is -5.88. The van der Waals surface area contributed by atoms with Gasteiger partial charge < -0.3 is 63.5 Å². The third kappa shape index (κ3) is 7.92. The molecule has 14 atom stereocenters. The van der Waals surface area contributed by atoms with Crippen LogP contribution < -0.4 is 10.6 Å². The van der Waals surface area contributed by atoms with E-state index in [1.54, 1.807) is 41.5 Å². The molecule has 6 rings (SSSR count). The lowest BCUT2D eigenvalue weighted by molar-refractivity contribution is -0.454. The van der Waals surface area contributed by atoms with Crippen molar-refractivity contribution in [2.45, 2.75) is 148 Å². The molecule has 6 aliphatic rings. The molecule has 21 heteroatoms. The number of amides is 2. The number of fused-ring (bicyclic) bond motifs is 2. The Morgan fingerprint density at radius 3 is 1.11 bits per heavy atom. The van der Waals surface area contributed by atoms with Crippen LogP contribution in [0.3, 0.4) is 0 Å². The van der Waals surface area contributed by atoms with Crippen LogP contribution in [0.2, 0.25) is 0 Å². The molecule has 0 bridgehead atoms. The van der Waals surface area contributed by atoms with Crippen molar-refractivity contribution in [1.82, 2.24) is 10.6 Å². The molecule has 0 aromatic heterocycles. The standard InChI is InChI=1S/2C17H25Cl2NO7.H2O/c2*1-15(13(18)19)12(20-14(22)27-15)9-6-8(21)7-10-11(9)26-17(3,24-5)16(2,23-4)25-10;/h2*9-13H,6-7H2,1-5H3,(H,20,22);1H2/t2*9-,10+,11+,12+,15+,16-,17-;/m10./s1. The Kier molecular flexibility index (Phi) is 13.8. The number of carbonyl (C=O) groups excluding carboxylic acids is 4. The fourth-order valence-electron chi connectivity index (χ4n) is 8.33. The molecule has 4 aliphatic heterocycles. The van der Waals surface area contributed by atoms with Crippen LogP contribution in [-0.2, 0) is 57.0 Å². The van der Waals surface area contributed by atoms with Gasteiger partial charge in [-0.1, -0.05) is 0 Å². The summed E-state index contributed by atoms with van der Waals surface area (Å²) in [5, 5.41) is 5.48. The number of rotatable bonds is 8. The van der Waals surface area contributed by atoms with Crippen molar-refractivity contribution >= 4 is 70.2 Å². The third-order valence-corrected chi connectivity index (χ3v) is 13.9. The molecule has 316 valence electrons. The Balaban J connectivity index is 0.000000240. The monoisotopic (exact) mass is 868 g/mol. The van der Waals surface area contributed by atoms with Gasteiger partial charge in [-0.2, -0.15) is 0 Å². The first-order valence-corrected chi connectivity index (χ1v) is 19.2. The van der Waals surface area contributed by atoms with Crippen LogP contribution in [0.15, 0.2) is 0 Å². The van der Waals surface area contributed by atoms with E-state index in [1.807, 2.05) is 0 Å². The van der Waals surface area contributed by atoms with Gasteiger partial charge in [-0.25, -0.2) is 9.59 Å². The lowest BCUT2D eigenvalue weighted by Gasteiger charge is -2.55. The van der Waals surface area contributed by atoms with E-state index >= 15 is 0 Å². The number of nitrogens with one attached hydrogen (secondary N) is 2. The minimum absolute atomic E-state index is 0. The largest absolute Gasteiger partial charge is 0.438 e. The van der Waals surface area contributed by atoms with Crippen LogP contribution in [0, 0.1) is 11.8 Å². The number of Topliss-reactive ketones (excluding diaryl/α,β-unsaturated/α-hetero) is 2. The van der Waals surface area contributed by atoms with E-state index in [2.05, 4.69) is 10.6 Å². The Hall–Kier alpha value is -1.32. The number of methoxy groups -OCH3 is 4. The van der Waals surface area contributed by atoms with Gasteiger partial charge in [-0.15, -0.1) is 46.4 Å². The SMILES string of the molecule is CO[C@@]1(C)O[C@@H]2[C@@H]([C@H]3NC(=O)O[C@@]3(C)C(Cl)Cl)CC(=O)C[C@H]2O[C@]1(C)OC.CO[C@]1(C)O[C@H]2[C@H]([C@@H]3NC(=O)O[C@]3(C)C(Cl)Cl)CC(=O)C[C@@H]2O[C@@]1(C)OC.O.